The number of hydrogen-bond donors (Lipinski definition) is 0. The Hall–Kier alpha value is -1.88. The molecule has 0 aliphatic carbocycles. The number of fused-ring (bicyclic) bond motifs is 1. The summed E-state index contributed by atoms with van der Waals surface area (Å²) in [5.74, 6) is 0.0491. The maximum absolute atomic E-state index is 12.7. The highest BCUT2D eigenvalue weighted by atomic mass is 16.2. The molecule has 1 aliphatic heterocycles. The minimum atomic E-state index is -0.319. The van der Waals surface area contributed by atoms with E-state index in [2.05, 4.69) is 6.07 Å². The molecule has 2 rings (SSSR count). The number of nitrogens with zero attached hydrogens (tertiary/aromatic N) is 3. The van der Waals surface area contributed by atoms with Crippen LogP contribution in [0.15, 0.2) is 24.3 Å². The summed E-state index contributed by atoms with van der Waals surface area (Å²) in [6.45, 7) is 2.82. The second kappa shape index (κ2) is 6.26. The summed E-state index contributed by atoms with van der Waals surface area (Å²) in [6.07, 6.45) is 0.898. The molecule has 0 saturated carbocycles. The van der Waals surface area contributed by atoms with E-state index in [-0.39, 0.29) is 24.4 Å². The Labute approximate surface area is 126 Å². The van der Waals surface area contributed by atoms with E-state index in [1.165, 1.54) is 5.56 Å². The van der Waals surface area contributed by atoms with Gasteiger partial charge in [-0.3, -0.25) is 14.5 Å². The molecule has 1 aromatic carbocycles. The molecule has 2 amide bonds. The maximum atomic E-state index is 12.7. The Bertz CT molecular complexity index is 542. The number of likely N-dealkylation sites (N-methyl/N-ethyl adjacent to an activating group) is 2. The van der Waals surface area contributed by atoms with Crippen molar-refractivity contribution in [2.24, 2.45) is 0 Å². The largest absolute Gasteiger partial charge is 0.348 e. The van der Waals surface area contributed by atoms with Crippen LogP contribution < -0.4 is 4.90 Å². The van der Waals surface area contributed by atoms with Gasteiger partial charge in [0.15, 0.2) is 0 Å². The minimum absolute atomic E-state index is 0.000952. The summed E-state index contributed by atoms with van der Waals surface area (Å²) in [7, 11) is 5.25. The molecule has 0 bridgehead atoms. The summed E-state index contributed by atoms with van der Waals surface area (Å²) < 4.78 is 0. The van der Waals surface area contributed by atoms with Gasteiger partial charge in [0.2, 0.25) is 11.8 Å². The van der Waals surface area contributed by atoms with Crippen LogP contribution in [0.3, 0.4) is 0 Å². The average molecular weight is 289 g/mol. The molecule has 0 spiro atoms. The SMILES string of the molecule is CC(C(=O)N1CCc2ccccc21)N(C)CC(=O)N(C)C. The Morgan fingerprint density at radius 2 is 1.90 bits per heavy atom. The molecule has 114 valence electrons. The van der Waals surface area contributed by atoms with Gasteiger partial charge >= 0.3 is 0 Å². The molecule has 5 nitrogen and oxygen atoms in total. The summed E-state index contributed by atoms with van der Waals surface area (Å²) in [5, 5.41) is 0. The predicted octanol–water partition coefficient (Wildman–Crippen LogP) is 0.984. The molecule has 1 aliphatic rings. The minimum Gasteiger partial charge on any atom is -0.348 e. The Balaban J connectivity index is 2.05. The first-order valence-electron chi connectivity index (χ1n) is 7.21. The van der Waals surface area contributed by atoms with Crippen molar-refractivity contribution in [3.63, 3.8) is 0 Å². The van der Waals surface area contributed by atoms with Crippen LogP contribution in [0.25, 0.3) is 0 Å². The van der Waals surface area contributed by atoms with Gasteiger partial charge in [-0.05, 0) is 32.0 Å². The maximum Gasteiger partial charge on any atom is 0.244 e. The van der Waals surface area contributed by atoms with E-state index >= 15 is 0 Å². The van der Waals surface area contributed by atoms with Gasteiger partial charge in [0.05, 0.1) is 12.6 Å². The molecular formula is C16H23N3O2. The fourth-order valence-electron chi connectivity index (χ4n) is 2.47. The number of anilines is 1. The molecule has 0 saturated heterocycles. The standard InChI is InChI=1S/C16H23N3O2/c1-12(18(4)11-15(20)17(2)3)16(21)19-10-9-13-7-5-6-8-14(13)19/h5-8,12H,9-11H2,1-4H3. The van der Waals surface area contributed by atoms with Crippen molar-refractivity contribution in [3.05, 3.63) is 29.8 Å². The quantitative estimate of drug-likeness (QED) is 0.830. The molecule has 0 aromatic heterocycles. The predicted molar refractivity (Wildman–Crippen MR) is 83.3 cm³/mol. The van der Waals surface area contributed by atoms with Gasteiger partial charge in [-0.25, -0.2) is 0 Å². The lowest BCUT2D eigenvalue weighted by Gasteiger charge is -2.28. The molecule has 5 heteroatoms. The Morgan fingerprint density at radius 3 is 2.57 bits per heavy atom. The van der Waals surface area contributed by atoms with E-state index < -0.39 is 0 Å². The topological polar surface area (TPSA) is 43.9 Å². The van der Waals surface area contributed by atoms with Gasteiger partial charge < -0.3 is 9.80 Å². The van der Waals surface area contributed by atoms with Gasteiger partial charge in [-0.1, -0.05) is 18.2 Å². The van der Waals surface area contributed by atoms with Crippen molar-refractivity contribution in [1.82, 2.24) is 9.80 Å². The highest BCUT2D eigenvalue weighted by Gasteiger charge is 2.30. The van der Waals surface area contributed by atoms with Crippen LogP contribution in [-0.4, -0.2) is 61.9 Å². The second-order valence-electron chi connectivity index (χ2n) is 5.75. The fraction of sp³-hybridized carbons (Fsp3) is 0.500. The molecule has 0 radical (unpaired) electrons. The summed E-state index contributed by atoms with van der Waals surface area (Å²) in [5.41, 5.74) is 2.21. The summed E-state index contributed by atoms with van der Waals surface area (Å²) >= 11 is 0. The first-order valence-corrected chi connectivity index (χ1v) is 7.21. The Kier molecular flexibility index (Phi) is 4.63. The number of amides is 2. The number of para-hydroxylation sites is 1. The van der Waals surface area contributed by atoms with Crippen molar-refractivity contribution in [2.45, 2.75) is 19.4 Å². The number of carbonyl (C=O) groups is 2. The molecule has 1 heterocycles. The highest BCUT2D eigenvalue weighted by molar-refractivity contribution is 5.99. The van der Waals surface area contributed by atoms with E-state index in [0.29, 0.717) is 0 Å². The van der Waals surface area contributed by atoms with Gasteiger partial charge in [-0.2, -0.15) is 0 Å². The van der Waals surface area contributed by atoms with E-state index in [0.717, 1.165) is 18.7 Å². The van der Waals surface area contributed by atoms with Crippen LogP contribution in [0.2, 0.25) is 0 Å². The number of rotatable bonds is 4. The van der Waals surface area contributed by atoms with Crippen LogP contribution >= 0.6 is 0 Å². The summed E-state index contributed by atoms with van der Waals surface area (Å²) in [4.78, 5) is 29.6. The lowest BCUT2D eigenvalue weighted by molar-refractivity contribution is -0.131. The van der Waals surface area contributed by atoms with Crippen molar-refractivity contribution in [2.75, 3.05) is 39.1 Å². The van der Waals surface area contributed by atoms with Gasteiger partial charge in [-0.15, -0.1) is 0 Å². The molecule has 1 atom stereocenters. The highest BCUT2D eigenvalue weighted by Crippen LogP contribution is 2.28. The zero-order valence-electron chi connectivity index (χ0n) is 13.2. The number of benzene rings is 1. The third kappa shape index (κ3) is 3.24. The molecule has 0 fully saturated rings. The van der Waals surface area contributed by atoms with E-state index in [9.17, 15) is 9.59 Å². The first-order chi connectivity index (χ1) is 9.91. The second-order valence-corrected chi connectivity index (χ2v) is 5.75. The monoisotopic (exact) mass is 289 g/mol. The zero-order chi connectivity index (χ0) is 15.6. The molecule has 21 heavy (non-hydrogen) atoms. The van der Waals surface area contributed by atoms with Gasteiger partial charge in [0.1, 0.15) is 0 Å². The van der Waals surface area contributed by atoms with Crippen molar-refractivity contribution >= 4 is 17.5 Å². The molecule has 1 aromatic rings. The third-order valence-electron chi connectivity index (χ3n) is 4.06. The number of hydrogen-bond acceptors (Lipinski definition) is 3. The van der Waals surface area contributed by atoms with E-state index in [1.54, 1.807) is 23.9 Å². The molecule has 0 N–H and O–H groups in total. The third-order valence-corrected chi connectivity index (χ3v) is 4.06. The van der Waals surface area contributed by atoms with E-state index in [1.807, 2.05) is 37.1 Å². The van der Waals surface area contributed by atoms with Crippen molar-refractivity contribution in [3.8, 4) is 0 Å². The first kappa shape index (κ1) is 15.5. The van der Waals surface area contributed by atoms with Crippen LogP contribution in [0.5, 0.6) is 0 Å². The van der Waals surface area contributed by atoms with Crippen LogP contribution in [0, 0.1) is 0 Å². The Morgan fingerprint density at radius 1 is 1.24 bits per heavy atom. The smallest absolute Gasteiger partial charge is 0.244 e. The average Bonchev–Trinajstić information content (AvgIpc) is 2.89. The van der Waals surface area contributed by atoms with Gasteiger partial charge in [0, 0.05) is 26.3 Å². The normalized spacial score (nSPS) is 15.0. The lowest BCUT2D eigenvalue weighted by Crippen LogP contribution is -2.48. The van der Waals surface area contributed by atoms with Crippen LogP contribution in [-0.2, 0) is 16.0 Å². The lowest BCUT2D eigenvalue weighted by atomic mass is 10.2. The summed E-state index contributed by atoms with van der Waals surface area (Å²) in [6, 6.07) is 7.68. The van der Waals surface area contributed by atoms with Crippen molar-refractivity contribution in [1.29, 1.82) is 0 Å². The molecule has 1 unspecified atom stereocenters. The van der Waals surface area contributed by atoms with Crippen LogP contribution in [0.4, 0.5) is 5.69 Å². The zero-order valence-corrected chi connectivity index (χ0v) is 13.2. The van der Waals surface area contributed by atoms with E-state index in [4.69, 9.17) is 0 Å². The molecular weight excluding hydrogens is 266 g/mol. The van der Waals surface area contributed by atoms with Gasteiger partial charge in [0.25, 0.3) is 0 Å². The number of carbonyl (C=O) groups excluding carboxylic acids is 2. The fourth-order valence-corrected chi connectivity index (χ4v) is 2.47. The van der Waals surface area contributed by atoms with Crippen molar-refractivity contribution < 1.29 is 9.59 Å². The van der Waals surface area contributed by atoms with Crippen LogP contribution in [0.1, 0.15) is 12.5 Å².